The highest BCUT2D eigenvalue weighted by Gasteiger charge is 2.08. The van der Waals surface area contributed by atoms with Gasteiger partial charge in [0.25, 0.3) is 0 Å². The number of rotatable bonds is 3. The molecule has 0 bridgehead atoms. The molecule has 1 heterocycles. The van der Waals surface area contributed by atoms with Crippen LogP contribution in [0.1, 0.15) is 0 Å². The van der Waals surface area contributed by atoms with Crippen LogP contribution in [-0.2, 0) is 0 Å². The van der Waals surface area contributed by atoms with Gasteiger partial charge in [0.1, 0.15) is 5.75 Å². The van der Waals surface area contributed by atoms with Crippen molar-refractivity contribution in [2.75, 3.05) is 12.4 Å². The van der Waals surface area contributed by atoms with E-state index in [1.54, 1.807) is 13.2 Å². The number of hydrogen-bond acceptors (Lipinski definition) is 4. The van der Waals surface area contributed by atoms with Gasteiger partial charge in [0.05, 0.1) is 12.8 Å². The Hall–Kier alpha value is -2.32. The number of aromatic nitrogens is 2. The molecule has 6 heteroatoms. The fourth-order valence-corrected chi connectivity index (χ4v) is 1.58. The molecule has 18 heavy (non-hydrogen) atoms. The largest absolute Gasteiger partial charge is 0.495 e. The number of methoxy groups -OCH3 is 1. The van der Waals surface area contributed by atoms with Crippen LogP contribution in [0.3, 0.4) is 0 Å². The summed E-state index contributed by atoms with van der Waals surface area (Å²) in [7, 11) is 1.58. The molecule has 0 amide bonds. The van der Waals surface area contributed by atoms with E-state index in [9.17, 15) is 0 Å². The third-order valence-electron chi connectivity index (χ3n) is 2.15. The van der Waals surface area contributed by atoms with E-state index in [1.165, 1.54) is 0 Å². The van der Waals surface area contributed by atoms with Crippen LogP contribution < -0.4 is 10.1 Å². The van der Waals surface area contributed by atoms with Gasteiger partial charge in [-0.2, -0.15) is 0 Å². The highest BCUT2D eigenvalue weighted by Crippen LogP contribution is 2.27. The molecule has 0 atom stereocenters. The average Bonchev–Trinajstić information content (AvgIpc) is 2.38. The Balaban J connectivity index is 2.34. The second kappa shape index (κ2) is 5.34. The molecule has 5 nitrogen and oxygen atoms in total. The van der Waals surface area contributed by atoms with E-state index in [1.807, 2.05) is 24.3 Å². The number of anilines is 2. The summed E-state index contributed by atoms with van der Waals surface area (Å²) in [6.07, 6.45) is 0. The van der Waals surface area contributed by atoms with Gasteiger partial charge in [-0.1, -0.05) is 12.1 Å². The van der Waals surface area contributed by atoms with Crippen molar-refractivity contribution >= 4 is 29.1 Å². The number of nitrogens with one attached hydrogen (secondary N) is 1. The summed E-state index contributed by atoms with van der Waals surface area (Å²) in [6, 6.07) is 8.93. The number of halogens is 1. The SMILES string of the molecule is [C-]#[N+]c1nc(Cl)cc(Nc2ccccc2OC)n1. The van der Waals surface area contributed by atoms with Crippen LogP contribution in [0, 0.1) is 6.57 Å². The summed E-state index contributed by atoms with van der Waals surface area (Å²) in [6.45, 7) is 6.88. The van der Waals surface area contributed by atoms with Crippen molar-refractivity contribution in [3.8, 4) is 5.75 Å². The Labute approximate surface area is 109 Å². The Bertz CT molecular complexity index is 609. The fourth-order valence-electron chi connectivity index (χ4n) is 1.41. The molecule has 1 N–H and O–H groups in total. The molecule has 0 aliphatic carbocycles. The van der Waals surface area contributed by atoms with Crippen LogP contribution in [0.5, 0.6) is 5.75 Å². The predicted octanol–water partition coefficient (Wildman–Crippen LogP) is 3.43. The lowest BCUT2D eigenvalue weighted by atomic mass is 10.3. The van der Waals surface area contributed by atoms with Crippen molar-refractivity contribution in [1.29, 1.82) is 0 Å². The maximum atomic E-state index is 6.88. The molecule has 0 radical (unpaired) electrons. The molecular weight excluding hydrogens is 252 g/mol. The van der Waals surface area contributed by atoms with Crippen molar-refractivity contribution in [2.24, 2.45) is 0 Å². The second-order valence-corrected chi connectivity index (χ2v) is 3.70. The third-order valence-corrected chi connectivity index (χ3v) is 2.35. The first-order valence-electron chi connectivity index (χ1n) is 5.05. The molecule has 2 aromatic rings. The molecule has 0 fully saturated rings. The van der Waals surface area contributed by atoms with E-state index in [-0.39, 0.29) is 11.1 Å². The zero-order valence-electron chi connectivity index (χ0n) is 9.51. The van der Waals surface area contributed by atoms with Gasteiger partial charge < -0.3 is 14.9 Å². The molecule has 2 rings (SSSR count). The number of hydrogen-bond donors (Lipinski definition) is 1. The highest BCUT2D eigenvalue weighted by molar-refractivity contribution is 6.29. The maximum absolute atomic E-state index is 6.88. The molecule has 0 unspecified atom stereocenters. The van der Waals surface area contributed by atoms with Crippen LogP contribution in [-0.4, -0.2) is 17.1 Å². The van der Waals surface area contributed by atoms with Crippen LogP contribution >= 0.6 is 11.6 Å². The van der Waals surface area contributed by atoms with E-state index in [0.717, 1.165) is 5.69 Å². The standard InChI is InChI=1S/C12H9ClN4O/c1-14-12-16-10(13)7-11(17-12)15-8-5-3-4-6-9(8)18-2/h3-7H,2H3,(H,15,16,17). The first kappa shape index (κ1) is 12.1. The van der Waals surface area contributed by atoms with E-state index < -0.39 is 0 Å². The van der Waals surface area contributed by atoms with Gasteiger partial charge in [-0.05, 0) is 23.7 Å². The van der Waals surface area contributed by atoms with Gasteiger partial charge in [0, 0.05) is 6.07 Å². The molecule has 0 aliphatic rings. The summed E-state index contributed by atoms with van der Waals surface area (Å²) in [4.78, 5) is 10.9. The van der Waals surface area contributed by atoms with Crippen molar-refractivity contribution in [3.63, 3.8) is 0 Å². The second-order valence-electron chi connectivity index (χ2n) is 3.31. The molecule has 1 aromatic heterocycles. The van der Waals surface area contributed by atoms with E-state index in [4.69, 9.17) is 22.9 Å². The van der Waals surface area contributed by atoms with Crippen molar-refractivity contribution < 1.29 is 4.74 Å². The molecule has 0 saturated heterocycles. The summed E-state index contributed by atoms with van der Waals surface area (Å²) in [5, 5.41) is 3.25. The zero-order valence-corrected chi connectivity index (χ0v) is 10.3. The van der Waals surface area contributed by atoms with Gasteiger partial charge in [-0.25, -0.2) is 0 Å². The zero-order chi connectivity index (χ0) is 13.0. The average molecular weight is 261 g/mol. The van der Waals surface area contributed by atoms with Crippen LogP contribution in [0.15, 0.2) is 30.3 Å². The number of para-hydroxylation sites is 2. The first-order chi connectivity index (χ1) is 8.72. The highest BCUT2D eigenvalue weighted by atomic mass is 35.5. The quantitative estimate of drug-likeness (QED) is 0.678. The van der Waals surface area contributed by atoms with Gasteiger partial charge in [-0.15, -0.1) is 16.5 Å². The minimum Gasteiger partial charge on any atom is -0.495 e. The van der Waals surface area contributed by atoms with Gasteiger partial charge >= 0.3 is 5.95 Å². The molecule has 0 saturated carbocycles. The van der Waals surface area contributed by atoms with E-state index in [2.05, 4.69) is 20.1 Å². The van der Waals surface area contributed by atoms with E-state index in [0.29, 0.717) is 11.6 Å². The van der Waals surface area contributed by atoms with Gasteiger partial charge in [0.2, 0.25) is 0 Å². The van der Waals surface area contributed by atoms with Crippen LogP contribution in [0.2, 0.25) is 5.15 Å². The lowest BCUT2D eigenvalue weighted by Gasteiger charge is -2.08. The molecule has 1 aromatic carbocycles. The van der Waals surface area contributed by atoms with Crippen LogP contribution in [0.4, 0.5) is 17.5 Å². The normalized spacial score (nSPS) is 9.61. The monoisotopic (exact) mass is 260 g/mol. The van der Waals surface area contributed by atoms with Crippen molar-refractivity contribution in [2.45, 2.75) is 0 Å². The lowest BCUT2D eigenvalue weighted by molar-refractivity contribution is 0.417. The topological polar surface area (TPSA) is 51.4 Å². The Kier molecular flexibility index (Phi) is 3.60. The molecule has 0 spiro atoms. The van der Waals surface area contributed by atoms with Gasteiger partial charge in [-0.3, -0.25) is 0 Å². The maximum Gasteiger partial charge on any atom is 0.374 e. The molecular formula is C12H9ClN4O. The molecule has 0 aliphatic heterocycles. The Morgan fingerprint density at radius 3 is 2.83 bits per heavy atom. The summed E-state index contributed by atoms with van der Waals surface area (Å²) >= 11 is 5.80. The Morgan fingerprint density at radius 2 is 2.11 bits per heavy atom. The van der Waals surface area contributed by atoms with Crippen LogP contribution in [0.25, 0.3) is 4.85 Å². The number of ether oxygens (including phenoxy) is 1. The molecule has 90 valence electrons. The Morgan fingerprint density at radius 1 is 1.33 bits per heavy atom. The third kappa shape index (κ3) is 2.67. The first-order valence-corrected chi connectivity index (χ1v) is 5.43. The predicted molar refractivity (Wildman–Crippen MR) is 69.6 cm³/mol. The fraction of sp³-hybridized carbons (Fsp3) is 0.0833. The number of nitrogens with zero attached hydrogens (tertiary/aromatic N) is 3. The lowest BCUT2D eigenvalue weighted by Crippen LogP contribution is -1.97. The van der Waals surface area contributed by atoms with Crippen molar-refractivity contribution in [3.05, 3.63) is 46.9 Å². The van der Waals surface area contributed by atoms with Crippen molar-refractivity contribution in [1.82, 2.24) is 9.97 Å². The van der Waals surface area contributed by atoms with Gasteiger partial charge in [0.15, 0.2) is 11.0 Å². The smallest absolute Gasteiger partial charge is 0.374 e. The summed E-state index contributed by atoms with van der Waals surface area (Å²) in [5.74, 6) is 1.13. The minimum absolute atomic E-state index is 0.0000945. The number of benzene rings is 1. The summed E-state index contributed by atoms with van der Waals surface area (Å²) in [5.41, 5.74) is 0.741. The summed E-state index contributed by atoms with van der Waals surface area (Å²) < 4.78 is 5.20. The minimum atomic E-state index is -0.0000945. The van der Waals surface area contributed by atoms with E-state index >= 15 is 0 Å².